The van der Waals surface area contributed by atoms with E-state index in [9.17, 15) is 10.2 Å². The van der Waals surface area contributed by atoms with Gasteiger partial charge in [0.05, 0.1) is 11.7 Å². The van der Waals surface area contributed by atoms with Crippen molar-refractivity contribution in [3.63, 3.8) is 0 Å². The second kappa shape index (κ2) is 7.05. The summed E-state index contributed by atoms with van der Waals surface area (Å²) in [5.74, 6) is 0.555. The van der Waals surface area contributed by atoms with Gasteiger partial charge in [0.1, 0.15) is 30.3 Å². The zero-order valence-corrected chi connectivity index (χ0v) is 16.5. The average molecular weight is 395 g/mol. The van der Waals surface area contributed by atoms with Crippen molar-refractivity contribution in [2.45, 2.75) is 57.6 Å². The second-order valence-corrected chi connectivity index (χ2v) is 7.99. The van der Waals surface area contributed by atoms with Gasteiger partial charge in [0, 0.05) is 35.8 Å². The van der Waals surface area contributed by atoms with Gasteiger partial charge < -0.3 is 24.8 Å². The number of aryl methyl sites for hydroxylation is 2. The van der Waals surface area contributed by atoms with E-state index in [0.717, 1.165) is 41.0 Å². The monoisotopic (exact) mass is 395 g/mol. The number of aliphatic hydroxyl groups excluding tert-OH is 2. The van der Waals surface area contributed by atoms with E-state index in [-0.39, 0.29) is 6.04 Å². The molecule has 3 aromatic rings. The number of nitrogens with zero attached hydrogens (tertiary/aromatic N) is 4. The van der Waals surface area contributed by atoms with Crippen LogP contribution in [0.4, 0.5) is 0 Å². The fraction of sp³-hybridized carbons (Fsp3) is 0.476. The third-order valence-corrected chi connectivity index (χ3v) is 6.11. The number of rotatable bonds is 3. The third kappa shape index (κ3) is 3.08. The minimum Gasteiger partial charge on any atom is -0.471 e. The fourth-order valence-electron chi connectivity index (χ4n) is 4.55. The van der Waals surface area contributed by atoms with Gasteiger partial charge in [-0.3, -0.25) is 0 Å². The number of aliphatic hydroxyl groups is 2. The normalized spacial score (nSPS) is 26.6. The summed E-state index contributed by atoms with van der Waals surface area (Å²) in [6.45, 7) is 5.52. The molecular weight excluding hydrogens is 370 g/mol. The van der Waals surface area contributed by atoms with Gasteiger partial charge in [0.25, 0.3) is 0 Å². The zero-order chi connectivity index (χ0) is 20.1. The molecule has 0 radical (unpaired) electrons. The molecule has 29 heavy (non-hydrogen) atoms. The Morgan fingerprint density at radius 3 is 2.93 bits per heavy atom. The van der Waals surface area contributed by atoms with Crippen molar-refractivity contribution in [2.24, 2.45) is 0 Å². The number of ether oxygens (including phenoxy) is 1. The van der Waals surface area contributed by atoms with Gasteiger partial charge in [0.2, 0.25) is 5.88 Å². The van der Waals surface area contributed by atoms with Crippen LogP contribution in [0.5, 0.6) is 5.88 Å². The first kappa shape index (κ1) is 18.5. The summed E-state index contributed by atoms with van der Waals surface area (Å²) in [6.07, 6.45) is 2.31. The summed E-state index contributed by atoms with van der Waals surface area (Å²) >= 11 is 0. The molecule has 3 N–H and O–H groups in total. The van der Waals surface area contributed by atoms with E-state index >= 15 is 0 Å². The molecule has 1 fully saturated rings. The second-order valence-electron chi connectivity index (χ2n) is 7.99. The largest absolute Gasteiger partial charge is 0.471 e. The maximum atomic E-state index is 10.8. The van der Waals surface area contributed by atoms with Crippen LogP contribution in [0.1, 0.15) is 35.0 Å². The van der Waals surface area contributed by atoms with Gasteiger partial charge in [-0.25, -0.2) is 15.0 Å². The van der Waals surface area contributed by atoms with E-state index in [1.54, 1.807) is 0 Å². The van der Waals surface area contributed by atoms with E-state index in [0.29, 0.717) is 18.8 Å². The van der Waals surface area contributed by atoms with Crippen molar-refractivity contribution >= 4 is 11.0 Å². The molecule has 1 aliphatic heterocycles. The van der Waals surface area contributed by atoms with Crippen LogP contribution in [0.15, 0.2) is 24.7 Å². The summed E-state index contributed by atoms with van der Waals surface area (Å²) < 4.78 is 8.11. The first-order valence-corrected chi connectivity index (χ1v) is 10.0. The molecule has 1 saturated carbocycles. The molecule has 4 heterocycles. The maximum absolute atomic E-state index is 10.8. The van der Waals surface area contributed by atoms with Crippen LogP contribution < -0.4 is 10.1 Å². The molecule has 0 amide bonds. The van der Waals surface area contributed by atoms with Crippen LogP contribution >= 0.6 is 0 Å². The molecule has 0 aromatic carbocycles. The molecule has 1 aliphatic carbocycles. The highest BCUT2D eigenvalue weighted by molar-refractivity contribution is 5.78. The van der Waals surface area contributed by atoms with Gasteiger partial charge in [-0.1, -0.05) is 0 Å². The fourth-order valence-corrected chi connectivity index (χ4v) is 4.55. The van der Waals surface area contributed by atoms with Gasteiger partial charge in [-0.15, -0.1) is 0 Å². The van der Waals surface area contributed by atoms with E-state index < -0.39 is 18.3 Å². The summed E-state index contributed by atoms with van der Waals surface area (Å²) in [5.41, 5.74) is 4.82. The average Bonchev–Trinajstić information content (AvgIpc) is 3.25. The van der Waals surface area contributed by atoms with Crippen molar-refractivity contribution in [3.8, 4) is 5.88 Å². The van der Waals surface area contributed by atoms with E-state index in [4.69, 9.17) is 4.74 Å². The van der Waals surface area contributed by atoms with Crippen LogP contribution in [0.2, 0.25) is 0 Å². The Bertz CT molecular complexity index is 1070. The molecule has 3 aromatic heterocycles. The lowest BCUT2D eigenvalue weighted by Crippen LogP contribution is -2.35. The molecule has 5 rings (SSSR count). The SMILES string of the molecule is Cc1cc2c(c(O[C@H]3C[C@@H](n4ccc5c(C)ncnc54)[C@H](O)[C@@H]3O)n1)CNCC2. The van der Waals surface area contributed by atoms with Crippen LogP contribution in [-0.2, 0) is 13.0 Å². The van der Waals surface area contributed by atoms with Gasteiger partial charge in [-0.05, 0) is 44.5 Å². The van der Waals surface area contributed by atoms with E-state index in [2.05, 4.69) is 26.3 Å². The first-order chi connectivity index (χ1) is 14.0. The third-order valence-electron chi connectivity index (χ3n) is 6.11. The molecule has 0 unspecified atom stereocenters. The minimum atomic E-state index is -1.00. The summed E-state index contributed by atoms with van der Waals surface area (Å²) in [6, 6.07) is 3.71. The minimum absolute atomic E-state index is 0.333. The highest BCUT2D eigenvalue weighted by Crippen LogP contribution is 2.37. The van der Waals surface area contributed by atoms with Crippen LogP contribution in [0.3, 0.4) is 0 Å². The molecule has 8 heteroatoms. The van der Waals surface area contributed by atoms with Crippen LogP contribution in [0.25, 0.3) is 11.0 Å². The molecule has 0 bridgehead atoms. The Kier molecular flexibility index (Phi) is 4.49. The highest BCUT2D eigenvalue weighted by Gasteiger charge is 2.45. The van der Waals surface area contributed by atoms with Crippen LogP contribution in [-0.4, -0.2) is 54.6 Å². The Labute approximate surface area is 168 Å². The van der Waals surface area contributed by atoms with Crippen molar-refractivity contribution < 1.29 is 14.9 Å². The number of hydrogen-bond donors (Lipinski definition) is 3. The standard InChI is InChI=1S/C21H25N5O3/c1-11-7-13-3-5-22-9-15(13)21(25-11)29-17-8-16(18(27)19(17)28)26-6-4-14-12(2)23-10-24-20(14)26/h4,6-7,10,16-19,22,27-28H,3,5,8-9H2,1-2H3/t16-,17+,18+,19-/m1/s1. The first-order valence-electron chi connectivity index (χ1n) is 10.0. The predicted molar refractivity (Wildman–Crippen MR) is 107 cm³/mol. The number of aromatic nitrogens is 4. The molecule has 0 spiro atoms. The molecule has 152 valence electrons. The smallest absolute Gasteiger partial charge is 0.218 e. The number of nitrogens with one attached hydrogen (secondary N) is 1. The van der Waals surface area contributed by atoms with Crippen LogP contribution in [0, 0.1) is 13.8 Å². The van der Waals surface area contributed by atoms with Crippen molar-refractivity contribution in [1.82, 2.24) is 24.8 Å². The highest BCUT2D eigenvalue weighted by atomic mass is 16.5. The van der Waals surface area contributed by atoms with Crippen molar-refractivity contribution in [2.75, 3.05) is 6.54 Å². The molecule has 8 nitrogen and oxygen atoms in total. The number of fused-ring (bicyclic) bond motifs is 2. The zero-order valence-electron chi connectivity index (χ0n) is 16.5. The Balaban J connectivity index is 1.45. The number of pyridine rings is 1. The van der Waals surface area contributed by atoms with Gasteiger partial charge in [-0.2, -0.15) is 0 Å². The summed E-state index contributed by atoms with van der Waals surface area (Å²) in [4.78, 5) is 13.2. The summed E-state index contributed by atoms with van der Waals surface area (Å²) in [5, 5.41) is 25.8. The predicted octanol–water partition coefficient (Wildman–Crippen LogP) is 1.20. The molecule has 2 aliphatic rings. The molecule has 0 saturated heterocycles. The number of hydrogen-bond acceptors (Lipinski definition) is 7. The van der Waals surface area contributed by atoms with E-state index in [1.165, 1.54) is 11.9 Å². The maximum Gasteiger partial charge on any atom is 0.218 e. The Hall–Kier alpha value is -2.55. The quantitative estimate of drug-likeness (QED) is 0.612. The molecule has 4 atom stereocenters. The van der Waals surface area contributed by atoms with Crippen molar-refractivity contribution in [3.05, 3.63) is 47.2 Å². The van der Waals surface area contributed by atoms with E-state index in [1.807, 2.05) is 30.7 Å². The Morgan fingerprint density at radius 1 is 1.21 bits per heavy atom. The lowest BCUT2D eigenvalue weighted by atomic mass is 10.0. The summed E-state index contributed by atoms with van der Waals surface area (Å²) in [7, 11) is 0. The lowest BCUT2D eigenvalue weighted by molar-refractivity contribution is -0.0178. The Morgan fingerprint density at radius 2 is 2.07 bits per heavy atom. The van der Waals surface area contributed by atoms with Gasteiger partial charge in [0.15, 0.2) is 0 Å². The molecular formula is C21H25N5O3. The van der Waals surface area contributed by atoms with Crippen molar-refractivity contribution in [1.29, 1.82) is 0 Å². The van der Waals surface area contributed by atoms with Gasteiger partial charge >= 0.3 is 0 Å². The lowest BCUT2D eigenvalue weighted by Gasteiger charge is -2.24. The topological polar surface area (TPSA) is 105 Å².